The van der Waals surface area contributed by atoms with E-state index in [2.05, 4.69) is 10.6 Å². The van der Waals surface area contributed by atoms with E-state index in [9.17, 15) is 14.4 Å². The van der Waals surface area contributed by atoms with Crippen LogP contribution in [0.1, 0.15) is 26.2 Å². The molecule has 1 aliphatic heterocycles. The van der Waals surface area contributed by atoms with Crippen molar-refractivity contribution in [1.29, 1.82) is 0 Å². The molecule has 128 valence electrons. The molecule has 1 aliphatic carbocycles. The average molecular weight is 332 g/mol. The van der Waals surface area contributed by atoms with Gasteiger partial charge in [0.15, 0.2) is 12.7 Å². The number of ether oxygens (including phenoxy) is 2. The molecule has 7 heteroatoms. The Balaban J connectivity index is 1.45. The molecule has 1 saturated carbocycles. The second-order valence-corrected chi connectivity index (χ2v) is 6.15. The molecule has 0 spiro atoms. The summed E-state index contributed by atoms with van der Waals surface area (Å²) in [5, 5.41) is 5.47. The van der Waals surface area contributed by atoms with Gasteiger partial charge in [-0.3, -0.25) is 14.4 Å². The normalized spacial score (nSPS) is 20.2. The number of fused-ring (bicyclic) bond motifs is 1. The average Bonchev–Trinajstić information content (AvgIpc) is 3.38. The Morgan fingerprint density at radius 3 is 2.88 bits per heavy atom. The Bertz CT molecular complexity index is 656. The van der Waals surface area contributed by atoms with Gasteiger partial charge in [-0.2, -0.15) is 0 Å². The maximum atomic E-state index is 11.9. The van der Waals surface area contributed by atoms with Crippen molar-refractivity contribution in [3.05, 3.63) is 24.3 Å². The number of esters is 1. The van der Waals surface area contributed by atoms with E-state index < -0.39 is 18.0 Å². The molecule has 7 nitrogen and oxygen atoms in total. The number of carbonyl (C=O) groups is 3. The Labute approximate surface area is 139 Å². The lowest BCUT2D eigenvalue weighted by Crippen LogP contribution is -2.40. The van der Waals surface area contributed by atoms with E-state index in [1.807, 2.05) is 6.92 Å². The van der Waals surface area contributed by atoms with Crippen LogP contribution in [0.4, 0.5) is 5.69 Å². The molecule has 0 radical (unpaired) electrons. The quantitative estimate of drug-likeness (QED) is 0.764. The molecule has 2 N–H and O–H groups in total. The summed E-state index contributed by atoms with van der Waals surface area (Å²) in [6.45, 7) is 1.59. The maximum Gasteiger partial charge on any atom is 0.310 e. The van der Waals surface area contributed by atoms with E-state index >= 15 is 0 Å². The van der Waals surface area contributed by atoms with Crippen molar-refractivity contribution < 1.29 is 23.9 Å². The van der Waals surface area contributed by atoms with Gasteiger partial charge in [0, 0.05) is 6.04 Å². The molecule has 1 heterocycles. The first-order chi connectivity index (χ1) is 11.5. The molecule has 2 amide bonds. The SMILES string of the molecule is C[C@H](NC(=O)COC(=O)C[C@H]1Oc2ccccc2NC1=O)C1CC1. The van der Waals surface area contributed by atoms with Crippen LogP contribution in [0.2, 0.25) is 0 Å². The summed E-state index contributed by atoms with van der Waals surface area (Å²) in [6.07, 6.45) is 1.04. The van der Waals surface area contributed by atoms with Crippen molar-refractivity contribution in [2.45, 2.75) is 38.3 Å². The standard InChI is InChI=1S/C17H20N2O5/c1-10(11-6-7-11)18-15(20)9-23-16(21)8-14-17(22)19-12-4-2-3-5-13(12)24-14/h2-5,10-11,14H,6-9H2,1H3,(H,18,20)(H,19,22)/t10-,14+/m0/s1. The number of hydrogen-bond donors (Lipinski definition) is 2. The van der Waals surface area contributed by atoms with Gasteiger partial charge in [0.25, 0.3) is 11.8 Å². The molecule has 2 aliphatic rings. The summed E-state index contributed by atoms with van der Waals surface area (Å²) in [4.78, 5) is 35.5. The zero-order chi connectivity index (χ0) is 17.1. The highest BCUT2D eigenvalue weighted by molar-refractivity contribution is 5.99. The van der Waals surface area contributed by atoms with Crippen LogP contribution in [-0.4, -0.2) is 36.5 Å². The highest BCUT2D eigenvalue weighted by Gasteiger charge is 2.31. The molecule has 0 saturated heterocycles. The van der Waals surface area contributed by atoms with E-state index in [4.69, 9.17) is 9.47 Å². The first-order valence-corrected chi connectivity index (χ1v) is 8.04. The largest absolute Gasteiger partial charge is 0.478 e. The molecular weight excluding hydrogens is 312 g/mol. The number of amides is 2. The van der Waals surface area contributed by atoms with Crippen molar-refractivity contribution in [3.63, 3.8) is 0 Å². The molecule has 3 rings (SSSR count). The molecule has 0 bridgehead atoms. The summed E-state index contributed by atoms with van der Waals surface area (Å²) >= 11 is 0. The third kappa shape index (κ3) is 4.04. The van der Waals surface area contributed by atoms with Gasteiger partial charge in [-0.15, -0.1) is 0 Å². The summed E-state index contributed by atoms with van der Waals surface area (Å²) in [6, 6.07) is 7.07. The minimum Gasteiger partial charge on any atom is -0.478 e. The van der Waals surface area contributed by atoms with E-state index in [-0.39, 0.29) is 25.0 Å². The number of benzene rings is 1. The van der Waals surface area contributed by atoms with Crippen molar-refractivity contribution >= 4 is 23.5 Å². The van der Waals surface area contributed by atoms with Crippen LogP contribution in [0.3, 0.4) is 0 Å². The maximum absolute atomic E-state index is 11.9. The fourth-order valence-corrected chi connectivity index (χ4v) is 2.59. The minimum absolute atomic E-state index is 0.0974. The van der Waals surface area contributed by atoms with Gasteiger partial charge in [0.1, 0.15) is 5.75 Å². The molecule has 0 aromatic heterocycles. The van der Waals surface area contributed by atoms with Crippen molar-refractivity contribution in [1.82, 2.24) is 5.32 Å². The second-order valence-electron chi connectivity index (χ2n) is 6.15. The van der Waals surface area contributed by atoms with Gasteiger partial charge in [0.2, 0.25) is 0 Å². The van der Waals surface area contributed by atoms with Crippen molar-refractivity contribution in [2.24, 2.45) is 5.92 Å². The Kier molecular flexibility index (Phi) is 4.69. The Morgan fingerprint density at radius 2 is 2.12 bits per heavy atom. The number of anilines is 1. The lowest BCUT2D eigenvalue weighted by atomic mass is 10.1. The van der Waals surface area contributed by atoms with E-state index in [0.29, 0.717) is 17.4 Å². The zero-order valence-electron chi connectivity index (χ0n) is 13.4. The number of nitrogens with one attached hydrogen (secondary N) is 2. The predicted octanol–water partition coefficient (Wildman–Crippen LogP) is 1.23. The fraction of sp³-hybridized carbons (Fsp3) is 0.471. The van der Waals surface area contributed by atoms with Gasteiger partial charge >= 0.3 is 5.97 Å². The first kappa shape index (κ1) is 16.3. The molecule has 0 unspecified atom stereocenters. The van der Waals surface area contributed by atoms with E-state index in [0.717, 1.165) is 12.8 Å². The fourth-order valence-electron chi connectivity index (χ4n) is 2.59. The third-order valence-corrected chi connectivity index (χ3v) is 4.14. The first-order valence-electron chi connectivity index (χ1n) is 8.04. The lowest BCUT2D eigenvalue weighted by Gasteiger charge is -2.25. The highest BCUT2D eigenvalue weighted by atomic mass is 16.5. The Hall–Kier alpha value is -2.57. The van der Waals surface area contributed by atoms with Crippen LogP contribution in [0.25, 0.3) is 0 Å². The van der Waals surface area contributed by atoms with Gasteiger partial charge in [-0.05, 0) is 37.8 Å². The topological polar surface area (TPSA) is 93.7 Å². The van der Waals surface area contributed by atoms with Crippen LogP contribution < -0.4 is 15.4 Å². The van der Waals surface area contributed by atoms with Gasteiger partial charge in [-0.1, -0.05) is 12.1 Å². The monoisotopic (exact) mass is 332 g/mol. The lowest BCUT2D eigenvalue weighted by molar-refractivity contribution is -0.151. The molecule has 1 aromatic carbocycles. The summed E-state index contributed by atoms with van der Waals surface area (Å²) < 4.78 is 10.4. The van der Waals surface area contributed by atoms with Gasteiger partial charge in [0.05, 0.1) is 12.1 Å². The van der Waals surface area contributed by atoms with Crippen LogP contribution >= 0.6 is 0 Å². The number of hydrogen-bond acceptors (Lipinski definition) is 5. The van der Waals surface area contributed by atoms with Crippen LogP contribution in [0, 0.1) is 5.92 Å². The van der Waals surface area contributed by atoms with Crippen LogP contribution in [-0.2, 0) is 19.1 Å². The summed E-state index contributed by atoms with van der Waals surface area (Å²) in [7, 11) is 0. The van der Waals surface area contributed by atoms with Gasteiger partial charge < -0.3 is 20.1 Å². The predicted molar refractivity (Wildman–Crippen MR) is 85.4 cm³/mol. The number of para-hydroxylation sites is 2. The Morgan fingerprint density at radius 1 is 1.38 bits per heavy atom. The summed E-state index contributed by atoms with van der Waals surface area (Å²) in [5.41, 5.74) is 0.570. The zero-order valence-corrected chi connectivity index (χ0v) is 13.4. The van der Waals surface area contributed by atoms with E-state index in [1.54, 1.807) is 24.3 Å². The van der Waals surface area contributed by atoms with Gasteiger partial charge in [-0.25, -0.2) is 0 Å². The third-order valence-electron chi connectivity index (χ3n) is 4.14. The molecule has 1 fully saturated rings. The molecular formula is C17H20N2O5. The molecule has 2 atom stereocenters. The van der Waals surface area contributed by atoms with E-state index in [1.165, 1.54) is 0 Å². The number of carbonyl (C=O) groups excluding carboxylic acids is 3. The molecule has 1 aromatic rings. The summed E-state index contributed by atoms with van der Waals surface area (Å²) in [5.74, 6) is -0.349. The second kappa shape index (κ2) is 6.90. The highest BCUT2D eigenvalue weighted by Crippen LogP contribution is 2.32. The van der Waals surface area contributed by atoms with Crippen molar-refractivity contribution in [3.8, 4) is 5.75 Å². The molecule has 24 heavy (non-hydrogen) atoms. The minimum atomic E-state index is -0.958. The smallest absolute Gasteiger partial charge is 0.310 e. The van der Waals surface area contributed by atoms with Crippen LogP contribution in [0.5, 0.6) is 5.75 Å². The number of rotatable bonds is 6. The van der Waals surface area contributed by atoms with Crippen LogP contribution in [0.15, 0.2) is 24.3 Å². The van der Waals surface area contributed by atoms with Crippen molar-refractivity contribution in [2.75, 3.05) is 11.9 Å².